The van der Waals surface area contributed by atoms with Gasteiger partial charge in [-0.15, -0.1) is 0 Å². The summed E-state index contributed by atoms with van der Waals surface area (Å²) in [4.78, 5) is 12.4. The molecule has 0 saturated carbocycles. The zero-order chi connectivity index (χ0) is 17.0. The summed E-state index contributed by atoms with van der Waals surface area (Å²) in [7, 11) is -3.14. The van der Waals surface area contributed by atoms with Crippen molar-refractivity contribution in [3.8, 4) is 0 Å². The van der Waals surface area contributed by atoms with E-state index in [1.807, 2.05) is 38.1 Å². The maximum atomic E-state index is 12.4. The SMILES string of the molecule is CCS(=O)(=O)N1CCC(C(=O)N[C@H](C)c2ccc(C)cc2)CC1. The number of benzene rings is 1. The molecule has 0 aromatic heterocycles. The zero-order valence-corrected chi connectivity index (χ0v) is 14.9. The molecule has 1 aromatic carbocycles. The van der Waals surface area contributed by atoms with Crippen molar-refractivity contribution in [1.29, 1.82) is 0 Å². The standard InChI is InChI=1S/C17H26N2O3S/c1-4-23(21,22)19-11-9-16(10-12-19)17(20)18-14(3)15-7-5-13(2)6-8-15/h5-8,14,16H,4,9-12H2,1-3H3,(H,18,20)/t14-/m1/s1. The van der Waals surface area contributed by atoms with Gasteiger partial charge in [0.05, 0.1) is 11.8 Å². The van der Waals surface area contributed by atoms with E-state index >= 15 is 0 Å². The van der Waals surface area contributed by atoms with Gasteiger partial charge in [0.2, 0.25) is 15.9 Å². The van der Waals surface area contributed by atoms with E-state index in [1.54, 1.807) is 6.92 Å². The average Bonchev–Trinajstić information content (AvgIpc) is 2.55. The van der Waals surface area contributed by atoms with Gasteiger partial charge in [-0.2, -0.15) is 0 Å². The van der Waals surface area contributed by atoms with Crippen LogP contribution in [0.25, 0.3) is 0 Å². The second kappa shape index (κ2) is 7.45. The summed E-state index contributed by atoms with van der Waals surface area (Å²) in [5.41, 5.74) is 2.27. The first-order valence-corrected chi connectivity index (χ1v) is 9.79. The van der Waals surface area contributed by atoms with Crippen LogP contribution >= 0.6 is 0 Å². The third kappa shape index (κ3) is 4.54. The number of carbonyl (C=O) groups excluding carboxylic acids is 1. The summed E-state index contributed by atoms with van der Waals surface area (Å²) < 4.78 is 25.2. The maximum absolute atomic E-state index is 12.4. The molecule has 1 aliphatic heterocycles. The Morgan fingerprint density at radius 2 is 1.83 bits per heavy atom. The molecule has 1 saturated heterocycles. The molecule has 0 radical (unpaired) electrons. The summed E-state index contributed by atoms with van der Waals surface area (Å²) in [6, 6.07) is 8.08. The molecule has 2 rings (SSSR count). The van der Waals surface area contributed by atoms with Gasteiger partial charge in [0.25, 0.3) is 0 Å². The number of amides is 1. The summed E-state index contributed by atoms with van der Waals surface area (Å²) in [5, 5.41) is 3.05. The topological polar surface area (TPSA) is 66.5 Å². The fourth-order valence-corrected chi connectivity index (χ4v) is 3.98. The number of piperidine rings is 1. The van der Waals surface area contributed by atoms with E-state index in [1.165, 1.54) is 9.87 Å². The highest BCUT2D eigenvalue weighted by molar-refractivity contribution is 7.89. The minimum absolute atomic E-state index is 0.0200. The van der Waals surface area contributed by atoms with E-state index in [4.69, 9.17) is 0 Å². The van der Waals surface area contributed by atoms with E-state index in [-0.39, 0.29) is 23.6 Å². The third-order valence-corrected chi connectivity index (χ3v) is 6.40. The summed E-state index contributed by atoms with van der Waals surface area (Å²) in [6.07, 6.45) is 1.18. The van der Waals surface area contributed by atoms with Crippen molar-refractivity contribution in [3.63, 3.8) is 0 Å². The largest absolute Gasteiger partial charge is 0.349 e. The number of hydrogen-bond donors (Lipinski definition) is 1. The molecule has 23 heavy (non-hydrogen) atoms. The molecule has 1 N–H and O–H groups in total. The first-order valence-electron chi connectivity index (χ1n) is 8.18. The van der Waals surface area contributed by atoms with E-state index < -0.39 is 10.0 Å². The molecule has 128 valence electrons. The van der Waals surface area contributed by atoms with Crippen molar-refractivity contribution < 1.29 is 13.2 Å². The number of carbonyl (C=O) groups is 1. The molecule has 0 bridgehead atoms. The van der Waals surface area contributed by atoms with Crippen LogP contribution in [-0.2, 0) is 14.8 Å². The molecule has 0 unspecified atom stereocenters. The predicted molar refractivity (Wildman–Crippen MR) is 91.5 cm³/mol. The lowest BCUT2D eigenvalue weighted by Crippen LogP contribution is -2.43. The van der Waals surface area contributed by atoms with Crippen LogP contribution in [-0.4, -0.2) is 37.5 Å². The number of nitrogens with zero attached hydrogens (tertiary/aromatic N) is 1. The lowest BCUT2D eigenvalue weighted by molar-refractivity contribution is -0.126. The van der Waals surface area contributed by atoms with Crippen LogP contribution in [0.4, 0.5) is 0 Å². The molecule has 1 amide bonds. The van der Waals surface area contributed by atoms with Crippen LogP contribution in [0, 0.1) is 12.8 Å². The van der Waals surface area contributed by atoms with Gasteiger partial charge >= 0.3 is 0 Å². The van der Waals surface area contributed by atoms with Gasteiger partial charge in [-0.3, -0.25) is 4.79 Å². The van der Waals surface area contributed by atoms with Gasteiger partial charge in [0.15, 0.2) is 0 Å². The Morgan fingerprint density at radius 3 is 2.35 bits per heavy atom. The minimum Gasteiger partial charge on any atom is -0.349 e. The van der Waals surface area contributed by atoms with Gasteiger partial charge in [0, 0.05) is 19.0 Å². The zero-order valence-electron chi connectivity index (χ0n) is 14.1. The fourth-order valence-electron chi connectivity index (χ4n) is 2.85. The van der Waals surface area contributed by atoms with Crippen LogP contribution < -0.4 is 5.32 Å². The number of rotatable bonds is 5. The first kappa shape index (κ1) is 17.9. The Morgan fingerprint density at radius 1 is 1.26 bits per heavy atom. The minimum atomic E-state index is -3.14. The number of sulfonamides is 1. The Bertz CT molecular complexity index is 632. The normalized spacial score (nSPS) is 18.6. The highest BCUT2D eigenvalue weighted by Gasteiger charge is 2.30. The van der Waals surface area contributed by atoms with Crippen LogP contribution in [0.3, 0.4) is 0 Å². The van der Waals surface area contributed by atoms with Crippen LogP contribution in [0.15, 0.2) is 24.3 Å². The van der Waals surface area contributed by atoms with Crippen molar-refractivity contribution in [2.75, 3.05) is 18.8 Å². The molecule has 0 aliphatic carbocycles. The molecular weight excluding hydrogens is 312 g/mol. The average molecular weight is 338 g/mol. The molecule has 1 fully saturated rings. The third-order valence-electron chi connectivity index (χ3n) is 4.52. The molecule has 1 heterocycles. The van der Waals surface area contributed by atoms with E-state index in [2.05, 4.69) is 5.32 Å². The highest BCUT2D eigenvalue weighted by atomic mass is 32.2. The van der Waals surface area contributed by atoms with Crippen molar-refractivity contribution in [2.24, 2.45) is 5.92 Å². The summed E-state index contributed by atoms with van der Waals surface area (Å²) in [6.45, 7) is 6.53. The Hall–Kier alpha value is -1.40. The number of aryl methyl sites for hydroxylation is 1. The fraction of sp³-hybridized carbons (Fsp3) is 0.588. The van der Waals surface area contributed by atoms with Crippen molar-refractivity contribution in [1.82, 2.24) is 9.62 Å². The molecule has 6 heteroatoms. The molecular formula is C17H26N2O3S. The van der Waals surface area contributed by atoms with Crippen molar-refractivity contribution in [2.45, 2.75) is 39.7 Å². The molecule has 5 nitrogen and oxygen atoms in total. The van der Waals surface area contributed by atoms with Gasteiger partial charge in [-0.05, 0) is 39.2 Å². The van der Waals surface area contributed by atoms with Crippen LogP contribution in [0.1, 0.15) is 43.9 Å². The summed E-state index contributed by atoms with van der Waals surface area (Å²) in [5.74, 6) is 0.0340. The highest BCUT2D eigenvalue weighted by Crippen LogP contribution is 2.21. The predicted octanol–water partition coefficient (Wildman–Crippen LogP) is 2.23. The smallest absolute Gasteiger partial charge is 0.223 e. The lowest BCUT2D eigenvalue weighted by Gasteiger charge is -2.31. The molecule has 1 atom stereocenters. The molecule has 1 aromatic rings. The Balaban J connectivity index is 1.89. The quantitative estimate of drug-likeness (QED) is 0.895. The first-order chi connectivity index (χ1) is 10.8. The van der Waals surface area contributed by atoms with Crippen LogP contribution in [0.2, 0.25) is 0 Å². The summed E-state index contributed by atoms with van der Waals surface area (Å²) >= 11 is 0. The van der Waals surface area contributed by atoms with E-state index in [9.17, 15) is 13.2 Å². The van der Waals surface area contributed by atoms with Gasteiger partial charge in [-0.25, -0.2) is 12.7 Å². The van der Waals surface area contributed by atoms with E-state index in [0.29, 0.717) is 25.9 Å². The molecule has 0 spiro atoms. The molecule has 1 aliphatic rings. The number of nitrogens with one attached hydrogen (secondary N) is 1. The van der Waals surface area contributed by atoms with E-state index in [0.717, 1.165) is 5.56 Å². The van der Waals surface area contributed by atoms with Crippen LogP contribution in [0.5, 0.6) is 0 Å². The second-order valence-electron chi connectivity index (χ2n) is 6.21. The monoisotopic (exact) mass is 338 g/mol. The number of hydrogen-bond acceptors (Lipinski definition) is 3. The second-order valence-corrected chi connectivity index (χ2v) is 8.47. The lowest BCUT2D eigenvalue weighted by atomic mass is 9.96. The van der Waals surface area contributed by atoms with Gasteiger partial charge in [-0.1, -0.05) is 29.8 Å². The Labute approximate surface area is 139 Å². The maximum Gasteiger partial charge on any atom is 0.223 e. The van der Waals surface area contributed by atoms with Gasteiger partial charge in [0.1, 0.15) is 0 Å². The van der Waals surface area contributed by atoms with Crippen molar-refractivity contribution >= 4 is 15.9 Å². The van der Waals surface area contributed by atoms with Crippen molar-refractivity contribution in [3.05, 3.63) is 35.4 Å². The Kier molecular flexibility index (Phi) is 5.81. The van der Waals surface area contributed by atoms with Gasteiger partial charge < -0.3 is 5.32 Å².